The maximum Gasteiger partial charge on any atom is 0.0981 e. The molecule has 2 atom stereocenters. The van der Waals surface area contributed by atoms with E-state index in [0.29, 0.717) is 12.2 Å². The van der Waals surface area contributed by atoms with Gasteiger partial charge in [-0.3, -0.25) is 0 Å². The molecule has 4 heteroatoms. The second kappa shape index (κ2) is 4.96. The zero-order chi connectivity index (χ0) is 13.4. The van der Waals surface area contributed by atoms with E-state index in [1.165, 1.54) is 22.1 Å². The van der Waals surface area contributed by atoms with Gasteiger partial charge in [0.15, 0.2) is 0 Å². The van der Waals surface area contributed by atoms with Crippen molar-refractivity contribution in [2.45, 2.75) is 12.2 Å². The smallest absolute Gasteiger partial charge is 0.0981 e. The Morgan fingerprint density at radius 3 is 1.65 bits per heavy atom. The average Bonchev–Trinajstić information content (AvgIpc) is 3.38. The minimum atomic E-state index is 0.388. The number of hydrogen-bond donors (Lipinski definition) is 2. The van der Waals surface area contributed by atoms with Crippen molar-refractivity contribution >= 4 is 22.1 Å². The lowest BCUT2D eigenvalue weighted by molar-refractivity contribution is 0.416. The van der Waals surface area contributed by atoms with Gasteiger partial charge in [0.05, 0.1) is 25.4 Å². The van der Waals surface area contributed by atoms with Crippen molar-refractivity contribution < 1.29 is 9.47 Å². The Hall–Kier alpha value is -1.78. The van der Waals surface area contributed by atoms with Crippen LogP contribution in [0.5, 0.6) is 0 Å². The van der Waals surface area contributed by atoms with E-state index in [1.54, 1.807) is 0 Å². The number of nitrogens with one attached hydrogen (secondary N) is 2. The fraction of sp³-hybridized carbons (Fsp3) is 0.375. The molecule has 0 bridgehead atoms. The van der Waals surface area contributed by atoms with Gasteiger partial charge in [-0.05, 0) is 12.1 Å². The second-order valence-electron chi connectivity index (χ2n) is 5.38. The lowest BCUT2D eigenvalue weighted by Crippen LogP contribution is -2.10. The Kier molecular flexibility index (Phi) is 2.98. The number of ether oxygens (including phenoxy) is 2. The maximum atomic E-state index is 5.25. The zero-order valence-electron chi connectivity index (χ0n) is 11.3. The first kappa shape index (κ1) is 12.0. The number of hydrogen-bond acceptors (Lipinski definition) is 4. The first-order valence-electron chi connectivity index (χ1n) is 7.13. The Morgan fingerprint density at radius 1 is 0.800 bits per heavy atom. The van der Waals surface area contributed by atoms with Gasteiger partial charge in [-0.1, -0.05) is 24.3 Å². The van der Waals surface area contributed by atoms with E-state index in [0.717, 1.165) is 26.3 Å². The molecule has 0 aromatic heterocycles. The van der Waals surface area contributed by atoms with Crippen LogP contribution in [0.25, 0.3) is 10.8 Å². The Morgan fingerprint density at radius 2 is 1.25 bits per heavy atom. The Balaban J connectivity index is 1.61. The molecular formula is C16H18N2O2. The van der Waals surface area contributed by atoms with Crippen LogP contribution in [0.15, 0.2) is 36.4 Å². The lowest BCUT2D eigenvalue weighted by atomic mass is 10.1. The van der Waals surface area contributed by atoms with Gasteiger partial charge in [0.25, 0.3) is 0 Å². The molecule has 2 saturated heterocycles. The number of rotatable bonds is 6. The van der Waals surface area contributed by atoms with E-state index in [-0.39, 0.29) is 0 Å². The summed E-state index contributed by atoms with van der Waals surface area (Å²) in [6.45, 7) is 3.53. The van der Waals surface area contributed by atoms with E-state index in [4.69, 9.17) is 9.47 Å². The highest BCUT2D eigenvalue weighted by atomic mass is 16.6. The van der Waals surface area contributed by atoms with Crippen molar-refractivity contribution in [1.82, 2.24) is 0 Å². The normalized spacial score (nSPS) is 23.6. The van der Waals surface area contributed by atoms with E-state index in [2.05, 4.69) is 47.0 Å². The van der Waals surface area contributed by atoms with Gasteiger partial charge in [0.2, 0.25) is 0 Å². The van der Waals surface area contributed by atoms with Gasteiger partial charge in [0.1, 0.15) is 0 Å². The molecule has 2 heterocycles. The molecule has 2 aliphatic heterocycles. The van der Waals surface area contributed by atoms with Crippen LogP contribution < -0.4 is 10.6 Å². The SMILES string of the molecule is c1ccc2c(NCC3CO3)ccc(NCC3CO3)c2c1. The van der Waals surface area contributed by atoms with Crippen LogP contribution in [0, 0.1) is 0 Å². The van der Waals surface area contributed by atoms with Crippen molar-refractivity contribution in [3.05, 3.63) is 36.4 Å². The summed E-state index contributed by atoms with van der Waals surface area (Å²) in [5, 5.41) is 9.44. The van der Waals surface area contributed by atoms with Crippen LogP contribution in [0.2, 0.25) is 0 Å². The molecule has 0 aliphatic carbocycles. The average molecular weight is 270 g/mol. The molecule has 4 rings (SSSR count). The number of fused-ring (bicyclic) bond motifs is 1. The fourth-order valence-electron chi connectivity index (χ4n) is 2.43. The van der Waals surface area contributed by atoms with Crippen LogP contribution in [0.1, 0.15) is 0 Å². The topological polar surface area (TPSA) is 49.1 Å². The molecule has 0 spiro atoms. The van der Waals surface area contributed by atoms with E-state index in [1.807, 2.05) is 0 Å². The summed E-state index contributed by atoms with van der Waals surface area (Å²) in [5.41, 5.74) is 2.34. The minimum absolute atomic E-state index is 0.388. The Bertz CT molecular complexity index is 566. The Labute approximate surface area is 118 Å². The van der Waals surface area contributed by atoms with E-state index in [9.17, 15) is 0 Å². The van der Waals surface area contributed by atoms with Gasteiger partial charge in [-0.15, -0.1) is 0 Å². The molecule has 2 aliphatic rings. The van der Waals surface area contributed by atoms with Crippen molar-refractivity contribution in [3.8, 4) is 0 Å². The zero-order valence-corrected chi connectivity index (χ0v) is 11.3. The van der Waals surface area contributed by atoms with Crippen molar-refractivity contribution in [2.24, 2.45) is 0 Å². The van der Waals surface area contributed by atoms with Crippen LogP contribution in [0.3, 0.4) is 0 Å². The van der Waals surface area contributed by atoms with Crippen LogP contribution in [0.4, 0.5) is 11.4 Å². The third-order valence-corrected chi connectivity index (χ3v) is 3.77. The van der Waals surface area contributed by atoms with E-state index >= 15 is 0 Å². The molecule has 0 amide bonds. The predicted octanol–water partition coefficient (Wildman–Crippen LogP) is 2.46. The molecule has 0 saturated carbocycles. The first-order chi connectivity index (χ1) is 9.90. The molecule has 104 valence electrons. The molecule has 2 unspecified atom stereocenters. The standard InChI is InChI=1S/C16H18N2O2/c1-2-4-14-13(3-1)15(17-7-11-9-19-11)5-6-16(14)18-8-12-10-20-12/h1-6,11-12,17-18H,7-10H2. The van der Waals surface area contributed by atoms with Gasteiger partial charge in [-0.25, -0.2) is 0 Å². The number of anilines is 2. The third kappa shape index (κ3) is 2.57. The summed E-state index contributed by atoms with van der Waals surface area (Å²) in [4.78, 5) is 0. The summed E-state index contributed by atoms with van der Waals surface area (Å²) in [6.07, 6.45) is 0.775. The van der Waals surface area contributed by atoms with Crippen LogP contribution in [-0.4, -0.2) is 38.5 Å². The van der Waals surface area contributed by atoms with Crippen molar-refractivity contribution in [3.63, 3.8) is 0 Å². The molecule has 20 heavy (non-hydrogen) atoms. The quantitative estimate of drug-likeness (QED) is 0.792. The molecule has 2 aromatic carbocycles. The molecule has 4 nitrogen and oxygen atoms in total. The van der Waals surface area contributed by atoms with Gasteiger partial charge < -0.3 is 20.1 Å². The van der Waals surface area contributed by atoms with Gasteiger partial charge in [-0.2, -0.15) is 0 Å². The molecule has 2 N–H and O–H groups in total. The van der Waals surface area contributed by atoms with Gasteiger partial charge in [0, 0.05) is 35.2 Å². The summed E-state index contributed by atoms with van der Waals surface area (Å²) in [7, 11) is 0. The third-order valence-electron chi connectivity index (χ3n) is 3.77. The minimum Gasteiger partial charge on any atom is -0.382 e. The lowest BCUT2D eigenvalue weighted by Gasteiger charge is -2.13. The van der Waals surface area contributed by atoms with Crippen molar-refractivity contribution in [1.29, 1.82) is 0 Å². The highest BCUT2D eigenvalue weighted by molar-refractivity contribution is 6.01. The summed E-state index contributed by atoms with van der Waals surface area (Å²) in [5.74, 6) is 0. The maximum absolute atomic E-state index is 5.25. The summed E-state index contributed by atoms with van der Waals surface area (Å²) >= 11 is 0. The number of epoxide rings is 2. The molecule has 0 radical (unpaired) electrons. The first-order valence-corrected chi connectivity index (χ1v) is 7.13. The van der Waals surface area contributed by atoms with Crippen LogP contribution >= 0.6 is 0 Å². The monoisotopic (exact) mass is 270 g/mol. The van der Waals surface area contributed by atoms with Crippen molar-refractivity contribution in [2.75, 3.05) is 36.9 Å². The summed E-state index contributed by atoms with van der Waals surface area (Å²) < 4.78 is 10.5. The highest BCUT2D eigenvalue weighted by Crippen LogP contribution is 2.30. The summed E-state index contributed by atoms with van der Waals surface area (Å²) in [6, 6.07) is 12.7. The fourth-order valence-corrected chi connectivity index (χ4v) is 2.43. The molecular weight excluding hydrogens is 252 g/mol. The number of benzene rings is 2. The van der Waals surface area contributed by atoms with Gasteiger partial charge >= 0.3 is 0 Å². The largest absolute Gasteiger partial charge is 0.382 e. The highest BCUT2D eigenvalue weighted by Gasteiger charge is 2.23. The van der Waals surface area contributed by atoms with Crippen LogP contribution in [-0.2, 0) is 9.47 Å². The molecule has 2 fully saturated rings. The predicted molar refractivity (Wildman–Crippen MR) is 80.4 cm³/mol. The van der Waals surface area contributed by atoms with E-state index < -0.39 is 0 Å². The second-order valence-corrected chi connectivity index (χ2v) is 5.38. The molecule has 2 aromatic rings.